The summed E-state index contributed by atoms with van der Waals surface area (Å²) in [5, 5.41) is 5.62. The van der Waals surface area contributed by atoms with Crippen molar-refractivity contribution in [3.05, 3.63) is 96.1 Å². The molecule has 0 aliphatic carbocycles. The van der Waals surface area contributed by atoms with Gasteiger partial charge in [0.1, 0.15) is 6.04 Å². The molecular weight excluding hydrogens is 372 g/mol. The van der Waals surface area contributed by atoms with Gasteiger partial charge in [-0.15, -0.1) is 0 Å². The average molecular weight is 392 g/mol. The third kappa shape index (κ3) is 4.92. The quantitative estimate of drug-likeness (QED) is 0.674. The van der Waals surface area contributed by atoms with Crippen molar-refractivity contribution in [2.24, 2.45) is 0 Å². The van der Waals surface area contributed by atoms with Crippen LogP contribution in [-0.2, 0) is 15.6 Å². The van der Waals surface area contributed by atoms with Crippen molar-refractivity contribution in [1.29, 1.82) is 0 Å². The van der Waals surface area contributed by atoms with Crippen molar-refractivity contribution in [2.45, 2.75) is 10.9 Å². The van der Waals surface area contributed by atoms with Crippen LogP contribution in [0, 0.1) is 0 Å². The predicted octanol–water partition coefficient (Wildman–Crippen LogP) is 3.53. The molecule has 2 N–H and O–H groups in total. The lowest BCUT2D eigenvalue weighted by molar-refractivity contribution is -0.118. The van der Waals surface area contributed by atoms with Gasteiger partial charge in [0.25, 0.3) is 11.8 Å². The van der Waals surface area contributed by atoms with Crippen LogP contribution in [0.15, 0.2) is 89.8 Å². The van der Waals surface area contributed by atoms with Crippen LogP contribution in [0.3, 0.4) is 0 Å². The number of carbonyl (C=O) groups excluding carboxylic acids is 2. The summed E-state index contributed by atoms with van der Waals surface area (Å²) in [5.41, 5.74) is 1.72. The molecule has 3 rings (SSSR count). The third-order valence-electron chi connectivity index (χ3n) is 4.16. The van der Waals surface area contributed by atoms with Crippen molar-refractivity contribution in [2.75, 3.05) is 11.6 Å². The van der Waals surface area contributed by atoms with Gasteiger partial charge in [-0.3, -0.25) is 13.8 Å². The van der Waals surface area contributed by atoms with Crippen LogP contribution in [0.25, 0.3) is 0 Å². The Labute approximate surface area is 166 Å². The zero-order chi connectivity index (χ0) is 19.9. The van der Waals surface area contributed by atoms with Crippen LogP contribution >= 0.6 is 0 Å². The highest BCUT2D eigenvalue weighted by molar-refractivity contribution is 7.84. The molecule has 0 radical (unpaired) electrons. The van der Waals surface area contributed by atoms with E-state index in [9.17, 15) is 13.8 Å². The molecule has 5 nitrogen and oxygen atoms in total. The number of amides is 2. The maximum atomic E-state index is 12.9. The summed E-state index contributed by atoms with van der Waals surface area (Å²) in [6, 6.07) is 23.8. The lowest BCUT2D eigenvalue weighted by atomic mass is 10.1. The number of nitrogens with one attached hydrogen (secondary N) is 2. The van der Waals surface area contributed by atoms with E-state index in [0.29, 0.717) is 21.7 Å². The molecule has 0 aliphatic rings. The van der Waals surface area contributed by atoms with Crippen molar-refractivity contribution in [1.82, 2.24) is 5.32 Å². The molecule has 142 valence electrons. The number of rotatable bonds is 6. The summed E-state index contributed by atoms with van der Waals surface area (Å²) in [7, 11) is -1.12. The van der Waals surface area contributed by atoms with Crippen molar-refractivity contribution < 1.29 is 13.8 Å². The summed E-state index contributed by atoms with van der Waals surface area (Å²) in [4.78, 5) is 26.2. The van der Waals surface area contributed by atoms with E-state index < -0.39 is 16.8 Å². The van der Waals surface area contributed by atoms with Crippen molar-refractivity contribution >= 4 is 28.3 Å². The molecule has 2 amide bonds. The van der Waals surface area contributed by atoms with Gasteiger partial charge in [0.15, 0.2) is 0 Å². The minimum absolute atomic E-state index is 0.336. The van der Waals surface area contributed by atoms with E-state index in [-0.39, 0.29) is 11.8 Å². The second kappa shape index (κ2) is 9.10. The Hall–Kier alpha value is -3.25. The standard InChI is InChI=1S/C22H20N2O3S/c1-28(27)19-14-12-17(13-15-19)21(25)24-20(16-8-4-2-5-9-16)22(26)23-18-10-6-3-7-11-18/h2-15,20H,1H3,(H,23,26)(H,24,25). The Kier molecular flexibility index (Phi) is 6.34. The molecule has 28 heavy (non-hydrogen) atoms. The Morgan fingerprint density at radius 3 is 1.96 bits per heavy atom. The molecule has 3 aromatic carbocycles. The Morgan fingerprint density at radius 1 is 0.821 bits per heavy atom. The van der Waals surface area contributed by atoms with Crippen molar-refractivity contribution in [3.63, 3.8) is 0 Å². The number of hydrogen-bond donors (Lipinski definition) is 2. The van der Waals surface area contributed by atoms with E-state index >= 15 is 0 Å². The van der Waals surface area contributed by atoms with Gasteiger partial charge in [0.05, 0.1) is 0 Å². The molecule has 0 saturated heterocycles. The first-order valence-electron chi connectivity index (χ1n) is 8.70. The zero-order valence-electron chi connectivity index (χ0n) is 15.3. The molecule has 2 unspecified atom stereocenters. The van der Waals surface area contributed by atoms with Gasteiger partial charge in [0.2, 0.25) is 0 Å². The smallest absolute Gasteiger partial charge is 0.252 e. The van der Waals surface area contributed by atoms with Gasteiger partial charge >= 0.3 is 0 Å². The molecule has 3 aromatic rings. The topological polar surface area (TPSA) is 75.3 Å². The Morgan fingerprint density at radius 2 is 1.39 bits per heavy atom. The Balaban J connectivity index is 1.82. The molecule has 0 saturated carbocycles. The van der Waals surface area contributed by atoms with Gasteiger partial charge in [-0.1, -0.05) is 48.5 Å². The molecule has 0 heterocycles. The first-order valence-corrected chi connectivity index (χ1v) is 10.3. The number of benzene rings is 3. The molecule has 0 aromatic heterocycles. The van der Waals surface area contributed by atoms with E-state index in [0.717, 1.165) is 0 Å². The third-order valence-corrected chi connectivity index (χ3v) is 5.10. The minimum Gasteiger partial charge on any atom is -0.336 e. The van der Waals surface area contributed by atoms with Crippen LogP contribution in [0.4, 0.5) is 5.69 Å². The summed E-state index contributed by atoms with van der Waals surface area (Å²) in [6.45, 7) is 0. The van der Waals surface area contributed by atoms with Crippen LogP contribution in [-0.4, -0.2) is 22.3 Å². The lowest BCUT2D eigenvalue weighted by Crippen LogP contribution is -2.37. The molecule has 0 bridgehead atoms. The van der Waals surface area contributed by atoms with Gasteiger partial charge in [-0.25, -0.2) is 0 Å². The van der Waals surface area contributed by atoms with Gasteiger partial charge in [-0.05, 0) is 42.0 Å². The second-order valence-electron chi connectivity index (χ2n) is 6.15. The summed E-state index contributed by atoms with van der Waals surface area (Å²) >= 11 is 0. The predicted molar refractivity (Wildman–Crippen MR) is 110 cm³/mol. The monoisotopic (exact) mass is 392 g/mol. The highest BCUT2D eigenvalue weighted by atomic mass is 32.2. The summed E-state index contributed by atoms with van der Waals surface area (Å²) < 4.78 is 11.5. The first-order chi connectivity index (χ1) is 13.5. The maximum Gasteiger partial charge on any atom is 0.252 e. The highest BCUT2D eigenvalue weighted by Gasteiger charge is 2.23. The molecule has 0 fully saturated rings. The Bertz CT molecular complexity index is 974. The molecular formula is C22H20N2O3S. The normalized spacial score (nSPS) is 12.6. The number of anilines is 1. The van der Waals surface area contributed by atoms with Gasteiger partial charge in [-0.2, -0.15) is 0 Å². The molecule has 0 spiro atoms. The van der Waals surface area contributed by atoms with E-state index in [1.807, 2.05) is 36.4 Å². The maximum absolute atomic E-state index is 12.9. The summed E-state index contributed by atoms with van der Waals surface area (Å²) in [5.74, 6) is -0.720. The van der Waals surface area contributed by atoms with Crippen LogP contribution in [0.2, 0.25) is 0 Å². The van der Waals surface area contributed by atoms with Crippen LogP contribution in [0.1, 0.15) is 22.0 Å². The number of carbonyl (C=O) groups is 2. The van der Waals surface area contributed by atoms with Crippen LogP contribution < -0.4 is 10.6 Å². The van der Waals surface area contributed by atoms with E-state index in [4.69, 9.17) is 0 Å². The lowest BCUT2D eigenvalue weighted by Gasteiger charge is -2.19. The SMILES string of the molecule is CS(=O)c1ccc(C(=O)NC(C(=O)Nc2ccccc2)c2ccccc2)cc1. The average Bonchev–Trinajstić information content (AvgIpc) is 2.73. The van der Waals surface area contributed by atoms with E-state index in [1.54, 1.807) is 54.8 Å². The van der Waals surface area contributed by atoms with Crippen molar-refractivity contribution in [3.8, 4) is 0 Å². The van der Waals surface area contributed by atoms with E-state index in [1.165, 1.54) is 0 Å². The van der Waals surface area contributed by atoms with Gasteiger partial charge < -0.3 is 10.6 Å². The van der Waals surface area contributed by atoms with E-state index in [2.05, 4.69) is 10.6 Å². The molecule has 2 atom stereocenters. The van der Waals surface area contributed by atoms with Crippen LogP contribution in [0.5, 0.6) is 0 Å². The summed E-state index contributed by atoms with van der Waals surface area (Å²) in [6.07, 6.45) is 1.58. The number of para-hydroxylation sites is 1. The minimum atomic E-state index is -1.12. The van der Waals surface area contributed by atoms with Gasteiger partial charge in [0, 0.05) is 33.2 Å². The second-order valence-corrected chi connectivity index (χ2v) is 7.53. The largest absolute Gasteiger partial charge is 0.336 e. The first kappa shape index (κ1) is 19.5. The fraction of sp³-hybridized carbons (Fsp3) is 0.0909. The molecule has 0 aliphatic heterocycles. The fourth-order valence-electron chi connectivity index (χ4n) is 2.69. The number of hydrogen-bond acceptors (Lipinski definition) is 3. The zero-order valence-corrected chi connectivity index (χ0v) is 16.1. The molecule has 6 heteroatoms. The fourth-order valence-corrected chi connectivity index (χ4v) is 3.21. The highest BCUT2D eigenvalue weighted by Crippen LogP contribution is 2.17.